The van der Waals surface area contributed by atoms with Crippen molar-refractivity contribution in [3.05, 3.63) is 52.6 Å². The highest BCUT2D eigenvalue weighted by Gasteiger charge is 2.27. The molecule has 1 aliphatic carbocycles. The summed E-state index contributed by atoms with van der Waals surface area (Å²) in [7, 11) is 0. The molecule has 21 heavy (non-hydrogen) atoms. The van der Waals surface area contributed by atoms with Gasteiger partial charge in [-0.3, -0.25) is 4.79 Å². The van der Waals surface area contributed by atoms with Gasteiger partial charge >= 0.3 is 0 Å². The van der Waals surface area contributed by atoms with E-state index in [4.69, 9.17) is 0 Å². The second-order valence-corrected chi connectivity index (χ2v) is 5.75. The number of nitrogens with one attached hydrogen (secondary N) is 1. The van der Waals surface area contributed by atoms with Gasteiger partial charge in [-0.2, -0.15) is 0 Å². The molecular weight excluding hydrogens is 262 g/mol. The Morgan fingerprint density at radius 1 is 1.19 bits per heavy atom. The molecule has 3 rings (SSSR count). The van der Waals surface area contributed by atoms with Crippen LogP contribution >= 0.6 is 0 Å². The first-order chi connectivity index (χ1) is 10.0. The van der Waals surface area contributed by atoms with E-state index in [2.05, 4.69) is 22.2 Å². The van der Waals surface area contributed by atoms with Gasteiger partial charge < -0.3 is 5.32 Å². The van der Waals surface area contributed by atoms with E-state index in [1.807, 2.05) is 32.0 Å². The Morgan fingerprint density at radius 3 is 2.57 bits per heavy atom. The fourth-order valence-electron chi connectivity index (χ4n) is 2.26. The molecule has 108 valence electrons. The van der Waals surface area contributed by atoms with Crippen LogP contribution in [0.1, 0.15) is 51.8 Å². The first-order valence-corrected chi connectivity index (χ1v) is 7.27. The van der Waals surface area contributed by atoms with Crippen molar-refractivity contribution in [1.82, 2.24) is 9.97 Å². The summed E-state index contributed by atoms with van der Waals surface area (Å²) in [6.45, 7) is 5.95. The molecule has 1 amide bonds. The van der Waals surface area contributed by atoms with Gasteiger partial charge in [0.2, 0.25) is 0 Å². The number of hydrogen-bond donors (Lipinski definition) is 1. The fraction of sp³-hybridized carbons (Fsp3) is 0.353. The number of benzene rings is 1. The number of aryl methyl sites for hydroxylation is 3. The van der Waals surface area contributed by atoms with E-state index in [1.165, 1.54) is 5.56 Å². The number of aromatic nitrogens is 2. The first kappa shape index (κ1) is 13.7. The summed E-state index contributed by atoms with van der Waals surface area (Å²) in [5.41, 5.74) is 4.45. The quantitative estimate of drug-likeness (QED) is 0.936. The number of nitrogens with zero attached hydrogens (tertiary/aromatic N) is 2. The van der Waals surface area contributed by atoms with Crippen molar-refractivity contribution in [3.63, 3.8) is 0 Å². The third kappa shape index (κ3) is 2.94. The van der Waals surface area contributed by atoms with Gasteiger partial charge in [0, 0.05) is 17.8 Å². The molecule has 1 aromatic heterocycles. The lowest BCUT2D eigenvalue weighted by Crippen LogP contribution is -2.15. The molecule has 2 aromatic rings. The Balaban J connectivity index is 1.79. The van der Waals surface area contributed by atoms with Gasteiger partial charge in [-0.15, -0.1) is 0 Å². The van der Waals surface area contributed by atoms with Gasteiger partial charge in [-0.1, -0.05) is 6.07 Å². The largest absolute Gasteiger partial charge is 0.322 e. The van der Waals surface area contributed by atoms with Crippen molar-refractivity contribution in [1.29, 1.82) is 0 Å². The molecule has 0 atom stereocenters. The Kier molecular flexibility index (Phi) is 3.45. The minimum absolute atomic E-state index is 0.155. The third-order valence-corrected chi connectivity index (χ3v) is 3.95. The number of amides is 1. The lowest BCUT2D eigenvalue weighted by Gasteiger charge is -2.09. The SMILES string of the molecule is Cc1ccc(NC(=O)c2cnc(C3CC3)nc2C)cc1C. The molecule has 1 aromatic carbocycles. The molecule has 0 saturated heterocycles. The smallest absolute Gasteiger partial charge is 0.259 e. The van der Waals surface area contributed by atoms with E-state index in [0.29, 0.717) is 11.5 Å². The maximum absolute atomic E-state index is 12.3. The van der Waals surface area contributed by atoms with Crippen LogP contribution in [0.15, 0.2) is 24.4 Å². The molecule has 1 saturated carbocycles. The highest BCUT2D eigenvalue weighted by molar-refractivity contribution is 6.04. The Hall–Kier alpha value is -2.23. The van der Waals surface area contributed by atoms with Crippen LogP contribution in [0, 0.1) is 20.8 Å². The Bertz CT molecular complexity index is 705. The van der Waals surface area contributed by atoms with Crippen LogP contribution in [0.25, 0.3) is 0 Å². The summed E-state index contributed by atoms with van der Waals surface area (Å²) in [4.78, 5) is 21.1. The lowest BCUT2D eigenvalue weighted by atomic mass is 10.1. The van der Waals surface area contributed by atoms with Crippen LogP contribution < -0.4 is 5.32 Å². The summed E-state index contributed by atoms with van der Waals surface area (Å²) < 4.78 is 0. The summed E-state index contributed by atoms with van der Waals surface area (Å²) in [5, 5.41) is 2.91. The molecule has 0 spiro atoms. The van der Waals surface area contributed by atoms with Crippen molar-refractivity contribution in [2.24, 2.45) is 0 Å². The van der Waals surface area contributed by atoms with Gasteiger partial charge in [-0.25, -0.2) is 9.97 Å². The number of carbonyl (C=O) groups is 1. The minimum Gasteiger partial charge on any atom is -0.322 e. The number of anilines is 1. The molecule has 1 N–H and O–H groups in total. The molecule has 0 aliphatic heterocycles. The summed E-state index contributed by atoms with van der Waals surface area (Å²) in [6.07, 6.45) is 3.97. The van der Waals surface area contributed by atoms with E-state index in [9.17, 15) is 4.79 Å². The summed E-state index contributed by atoms with van der Waals surface area (Å²) in [6, 6.07) is 5.89. The highest BCUT2D eigenvalue weighted by atomic mass is 16.1. The molecule has 4 heteroatoms. The van der Waals surface area contributed by atoms with E-state index < -0.39 is 0 Å². The highest BCUT2D eigenvalue weighted by Crippen LogP contribution is 2.37. The molecule has 0 unspecified atom stereocenters. The second-order valence-electron chi connectivity index (χ2n) is 5.75. The predicted octanol–water partition coefficient (Wildman–Crippen LogP) is 3.53. The van der Waals surface area contributed by atoms with Crippen LogP contribution in [-0.2, 0) is 0 Å². The third-order valence-electron chi connectivity index (χ3n) is 3.95. The standard InChI is InChI=1S/C17H19N3O/c1-10-4-7-14(8-11(10)2)20-17(21)15-9-18-16(13-5-6-13)19-12(15)3/h4,7-9,13H,5-6H2,1-3H3,(H,20,21). The molecule has 0 radical (unpaired) electrons. The van der Waals surface area contributed by atoms with Gasteiger partial charge in [-0.05, 0) is 56.9 Å². The van der Waals surface area contributed by atoms with Gasteiger partial charge in [0.15, 0.2) is 0 Å². The molecule has 1 fully saturated rings. The average molecular weight is 281 g/mol. The predicted molar refractivity (Wildman–Crippen MR) is 82.6 cm³/mol. The Morgan fingerprint density at radius 2 is 1.95 bits per heavy atom. The zero-order chi connectivity index (χ0) is 15.0. The van der Waals surface area contributed by atoms with E-state index in [0.717, 1.165) is 35.6 Å². The van der Waals surface area contributed by atoms with Crippen LogP contribution in [0.3, 0.4) is 0 Å². The van der Waals surface area contributed by atoms with Crippen LogP contribution in [0.5, 0.6) is 0 Å². The molecule has 1 heterocycles. The van der Waals surface area contributed by atoms with Crippen molar-refractivity contribution < 1.29 is 4.79 Å². The zero-order valence-corrected chi connectivity index (χ0v) is 12.6. The van der Waals surface area contributed by atoms with E-state index in [-0.39, 0.29) is 5.91 Å². The summed E-state index contributed by atoms with van der Waals surface area (Å²) in [5.74, 6) is 1.22. The van der Waals surface area contributed by atoms with E-state index >= 15 is 0 Å². The fourth-order valence-corrected chi connectivity index (χ4v) is 2.26. The topological polar surface area (TPSA) is 54.9 Å². The Labute approximate surface area is 124 Å². The lowest BCUT2D eigenvalue weighted by molar-refractivity contribution is 0.102. The number of rotatable bonds is 3. The van der Waals surface area contributed by atoms with Crippen LogP contribution in [-0.4, -0.2) is 15.9 Å². The summed E-state index contributed by atoms with van der Waals surface area (Å²) >= 11 is 0. The number of carbonyl (C=O) groups excluding carboxylic acids is 1. The van der Waals surface area contributed by atoms with Gasteiger partial charge in [0.1, 0.15) is 5.82 Å². The molecule has 1 aliphatic rings. The molecule has 0 bridgehead atoms. The monoisotopic (exact) mass is 281 g/mol. The zero-order valence-electron chi connectivity index (χ0n) is 12.6. The normalized spacial score (nSPS) is 14.0. The van der Waals surface area contributed by atoms with Crippen molar-refractivity contribution in [2.75, 3.05) is 5.32 Å². The first-order valence-electron chi connectivity index (χ1n) is 7.27. The van der Waals surface area contributed by atoms with Crippen LogP contribution in [0.4, 0.5) is 5.69 Å². The van der Waals surface area contributed by atoms with Crippen molar-refractivity contribution in [2.45, 2.75) is 39.5 Å². The van der Waals surface area contributed by atoms with Crippen molar-refractivity contribution in [3.8, 4) is 0 Å². The van der Waals surface area contributed by atoms with Gasteiger partial charge in [0.25, 0.3) is 5.91 Å². The van der Waals surface area contributed by atoms with Crippen molar-refractivity contribution >= 4 is 11.6 Å². The second kappa shape index (κ2) is 5.28. The van der Waals surface area contributed by atoms with Gasteiger partial charge in [0.05, 0.1) is 11.3 Å². The average Bonchev–Trinajstić information content (AvgIpc) is 3.27. The molecule has 4 nitrogen and oxygen atoms in total. The molecular formula is C17H19N3O. The van der Waals surface area contributed by atoms with Crippen LogP contribution in [0.2, 0.25) is 0 Å². The number of hydrogen-bond acceptors (Lipinski definition) is 3. The van der Waals surface area contributed by atoms with E-state index in [1.54, 1.807) is 6.20 Å². The minimum atomic E-state index is -0.155. The maximum atomic E-state index is 12.3. The maximum Gasteiger partial charge on any atom is 0.259 e.